The molecule has 0 radical (unpaired) electrons. The van der Waals surface area contributed by atoms with Crippen molar-refractivity contribution in [3.8, 4) is 11.3 Å². The molecule has 1 heteroatoms. The van der Waals surface area contributed by atoms with Gasteiger partial charge in [0.05, 0.1) is 0 Å². The fourth-order valence-corrected chi connectivity index (χ4v) is 1.91. The van der Waals surface area contributed by atoms with Crippen LogP contribution in [0.25, 0.3) is 11.3 Å². The summed E-state index contributed by atoms with van der Waals surface area (Å²) in [6.07, 6.45) is 4.92. The van der Waals surface area contributed by atoms with Crippen molar-refractivity contribution in [2.45, 2.75) is 6.42 Å². The van der Waals surface area contributed by atoms with Crippen LogP contribution in [0.4, 0.5) is 0 Å². The molecule has 80 valence electrons. The molecule has 0 aliphatic heterocycles. The van der Waals surface area contributed by atoms with Crippen molar-refractivity contribution in [1.82, 2.24) is 0 Å². The van der Waals surface area contributed by atoms with Gasteiger partial charge in [-0.25, -0.2) is 4.57 Å². The molecule has 0 aliphatic rings. The van der Waals surface area contributed by atoms with Crippen LogP contribution in [0.5, 0.6) is 0 Å². The van der Waals surface area contributed by atoms with Crippen molar-refractivity contribution in [3.05, 3.63) is 66.9 Å². The summed E-state index contributed by atoms with van der Waals surface area (Å²) in [5, 5.41) is 0. The summed E-state index contributed by atoms with van der Waals surface area (Å²) in [6, 6.07) is 14.7. The third-order valence-corrected chi connectivity index (χ3v) is 2.71. The molecule has 1 aromatic heterocycles. The van der Waals surface area contributed by atoms with E-state index in [0.29, 0.717) is 0 Å². The quantitative estimate of drug-likeness (QED) is 0.542. The summed E-state index contributed by atoms with van der Waals surface area (Å²) in [7, 11) is 2.07. The van der Waals surface area contributed by atoms with Crippen molar-refractivity contribution in [2.24, 2.45) is 7.05 Å². The van der Waals surface area contributed by atoms with Crippen LogP contribution in [0.2, 0.25) is 0 Å². The maximum atomic E-state index is 3.81. The number of rotatable bonds is 3. The number of hydrogen-bond acceptors (Lipinski definition) is 0. The topological polar surface area (TPSA) is 3.88 Å². The summed E-state index contributed by atoms with van der Waals surface area (Å²) in [5.41, 5.74) is 3.84. The van der Waals surface area contributed by atoms with E-state index in [4.69, 9.17) is 0 Å². The third kappa shape index (κ3) is 2.03. The van der Waals surface area contributed by atoms with Gasteiger partial charge in [0.25, 0.3) is 0 Å². The second kappa shape index (κ2) is 4.75. The zero-order chi connectivity index (χ0) is 11.4. The van der Waals surface area contributed by atoms with E-state index in [1.54, 1.807) is 0 Å². The van der Waals surface area contributed by atoms with Crippen LogP contribution in [-0.2, 0) is 13.5 Å². The molecule has 2 aromatic rings. The number of nitrogens with zero attached hydrogens (tertiary/aromatic N) is 1. The van der Waals surface area contributed by atoms with Gasteiger partial charge in [0.1, 0.15) is 7.05 Å². The van der Waals surface area contributed by atoms with E-state index in [-0.39, 0.29) is 0 Å². The molecule has 0 saturated heterocycles. The SMILES string of the molecule is C=CCc1ccccc1-c1cccc[n+]1C. The molecule has 1 heterocycles. The highest BCUT2D eigenvalue weighted by Crippen LogP contribution is 2.20. The Morgan fingerprint density at radius 2 is 1.88 bits per heavy atom. The van der Waals surface area contributed by atoms with Crippen molar-refractivity contribution in [1.29, 1.82) is 0 Å². The van der Waals surface area contributed by atoms with Crippen molar-refractivity contribution >= 4 is 0 Å². The molecule has 0 saturated carbocycles. The van der Waals surface area contributed by atoms with Crippen LogP contribution in [0, 0.1) is 0 Å². The molecule has 0 atom stereocenters. The molecule has 0 aliphatic carbocycles. The minimum atomic E-state index is 0.908. The third-order valence-electron chi connectivity index (χ3n) is 2.71. The van der Waals surface area contributed by atoms with Crippen molar-refractivity contribution in [2.75, 3.05) is 0 Å². The molecule has 0 spiro atoms. The van der Waals surface area contributed by atoms with E-state index in [9.17, 15) is 0 Å². The Morgan fingerprint density at radius 3 is 2.62 bits per heavy atom. The average Bonchev–Trinajstić information content (AvgIpc) is 2.31. The molecule has 1 aromatic carbocycles. The number of benzene rings is 1. The lowest BCUT2D eigenvalue weighted by atomic mass is 10.0. The second-order valence-corrected chi connectivity index (χ2v) is 3.85. The monoisotopic (exact) mass is 210 g/mol. The highest BCUT2D eigenvalue weighted by Gasteiger charge is 2.11. The minimum absolute atomic E-state index is 0.908. The Balaban J connectivity index is 2.55. The van der Waals surface area contributed by atoms with E-state index in [1.807, 2.05) is 12.1 Å². The Morgan fingerprint density at radius 1 is 1.12 bits per heavy atom. The first-order chi connectivity index (χ1) is 7.83. The molecule has 16 heavy (non-hydrogen) atoms. The maximum absolute atomic E-state index is 3.81. The number of aryl methyl sites for hydroxylation is 1. The number of aromatic nitrogens is 1. The number of hydrogen-bond donors (Lipinski definition) is 0. The van der Waals surface area contributed by atoms with Crippen LogP contribution in [0.15, 0.2) is 61.3 Å². The van der Waals surface area contributed by atoms with E-state index in [0.717, 1.165) is 6.42 Å². The lowest BCUT2D eigenvalue weighted by Gasteiger charge is -2.05. The summed E-state index contributed by atoms with van der Waals surface area (Å²) in [4.78, 5) is 0. The normalized spacial score (nSPS) is 10.1. The summed E-state index contributed by atoms with van der Waals surface area (Å²) < 4.78 is 2.14. The fourth-order valence-electron chi connectivity index (χ4n) is 1.91. The highest BCUT2D eigenvalue weighted by atomic mass is 14.9. The Kier molecular flexibility index (Phi) is 3.16. The second-order valence-electron chi connectivity index (χ2n) is 3.85. The maximum Gasteiger partial charge on any atom is 0.212 e. The van der Waals surface area contributed by atoms with Crippen LogP contribution >= 0.6 is 0 Å². The van der Waals surface area contributed by atoms with Crippen LogP contribution < -0.4 is 4.57 Å². The average molecular weight is 210 g/mol. The van der Waals surface area contributed by atoms with Gasteiger partial charge >= 0.3 is 0 Å². The lowest BCUT2D eigenvalue weighted by Crippen LogP contribution is -2.30. The standard InChI is InChI=1S/C15H16N/c1-3-8-13-9-4-5-10-14(13)15-11-6-7-12-16(15)2/h3-7,9-12H,1,8H2,2H3/q+1. The van der Waals surface area contributed by atoms with Crippen LogP contribution in [-0.4, -0.2) is 0 Å². The van der Waals surface area contributed by atoms with Crippen molar-refractivity contribution in [3.63, 3.8) is 0 Å². The Labute approximate surface area is 96.7 Å². The van der Waals surface area contributed by atoms with E-state index in [2.05, 4.69) is 60.8 Å². The minimum Gasteiger partial charge on any atom is -0.201 e. The van der Waals surface area contributed by atoms with Gasteiger partial charge in [-0.15, -0.1) is 6.58 Å². The predicted molar refractivity (Wildman–Crippen MR) is 67.0 cm³/mol. The van der Waals surface area contributed by atoms with Gasteiger partial charge in [0.15, 0.2) is 6.20 Å². The molecule has 0 N–H and O–H groups in total. The number of allylic oxidation sites excluding steroid dienone is 1. The molecule has 1 nitrogen and oxygen atoms in total. The van der Waals surface area contributed by atoms with Crippen LogP contribution in [0.1, 0.15) is 5.56 Å². The Hall–Kier alpha value is -1.89. The zero-order valence-corrected chi connectivity index (χ0v) is 9.56. The van der Waals surface area contributed by atoms with Gasteiger partial charge < -0.3 is 0 Å². The molecule has 0 fully saturated rings. The first-order valence-electron chi connectivity index (χ1n) is 5.47. The summed E-state index contributed by atoms with van der Waals surface area (Å²) >= 11 is 0. The predicted octanol–water partition coefficient (Wildman–Crippen LogP) is 2.91. The van der Waals surface area contributed by atoms with Crippen molar-refractivity contribution < 1.29 is 4.57 Å². The van der Waals surface area contributed by atoms with Gasteiger partial charge in [-0.05, 0) is 24.1 Å². The van der Waals surface area contributed by atoms with E-state index >= 15 is 0 Å². The summed E-state index contributed by atoms with van der Waals surface area (Å²) in [5.74, 6) is 0. The molecular weight excluding hydrogens is 194 g/mol. The molecule has 0 amide bonds. The zero-order valence-electron chi connectivity index (χ0n) is 9.56. The summed E-state index contributed by atoms with van der Waals surface area (Å²) in [6.45, 7) is 3.81. The molecular formula is C15H16N+. The smallest absolute Gasteiger partial charge is 0.201 e. The van der Waals surface area contributed by atoms with Gasteiger partial charge in [-0.2, -0.15) is 0 Å². The first kappa shape index (κ1) is 10.6. The van der Waals surface area contributed by atoms with Gasteiger partial charge in [0, 0.05) is 17.7 Å². The van der Waals surface area contributed by atoms with Gasteiger partial charge in [-0.1, -0.05) is 24.3 Å². The van der Waals surface area contributed by atoms with Gasteiger partial charge in [0.2, 0.25) is 5.69 Å². The first-order valence-corrected chi connectivity index (χ1v) is 5.47. The molecule has 0 bridgehead atoms. The largest absolute Gasteiger partial charge is 0.212 e. The molecule has 2 rings (SSSR count). The fraction of sp³-hybridized carbons (Fsp3) is 0.133. The highest BCUT2D eigenvalue weighted by molar-refractivity contribution is 5.61. The van der Waals surface area contributed by atoms with E-state index in [1.165, 1.54) is 16.8 Å². The van der Waals surface area contributed by atoms with Crippen LogP contribution in [0.3, 0.4) is 0 Å². The van der Waals surface area contributed by atoms with E-state index < -0.39 is 0 Å². The number of pyridine rings is 1. The lowest BCUT2D eigenvalue weighted by molar-refractivity contribution is -0.660. The molecule has 0 unspecified atom stereocenters. The Bertz CT molecular complexity index is 500. The van der Waals surface area contributed by atoms with Gasteiger partial charge in [-0.3, -0.25) is 0 Å².